The molecule has 13 heavy (non-hydrogen) atoms. The Bertz CT molecular complexity index is 317. The van der Waals surface area contributed by atoms with Crippen LogP contribution < -0.4 is 0 Å². The van der Waals surface area contributed by atoms with Crippen molar-refractivity contribution in [3.63, 3.8) is 0 Å². The molecule has 0 unspecified atom stereocenters. The van der Waals surface area contributed by atoms with Crippen LogP contribution in [0.15, 0.2) is 41.8 Å². The van der Waals surface area contributed by atoms with Crippen LogP contribution in [0.3, 0.4) is 0 Å². The van der Waals surface area contributed by atoms with Crippen LogP contribution in [0.1, 0.15) is 12.5 Å². The minimum atomic E-state index is 0.813. The number of allylic oxidation sites excluding steroid dienone is 1. The molecule has 0 aromatic carbocycles. The summed E-state index contributed by atoms with van der Waals surface area (Å²) < 4.78 is 0. The lowest BCUT2D eigenvalue weighted by Crippen LogP contribution is -1.95. The topological polar surface area (TPSA) is 25.2 Å². The molecule has 1 aromatic rings. The average Bonchev–Trinajstić information content (AvgIpc) is 2.15. The first-order valence-electron chi connectivity index (χ1n) is 3.92. The minimum absolute atomic E-state index is 0.813. The van der Waals surface area contributed by atoms with Crippen LogP contribution in [0, 0.1) is 0 Å². The second-order valence-electron chi connectivity index (χ2n) is 2.60. The molecule has 0 spiro atoms. The third kappa shape index (κ3) is 3.03. The van der Waals surface area contributed by atoms with Crippen molar-refractivity contribution < 1.29 is 0 Å². The number of aromatic nitrogens is 1. The first kappa shape index (κ1) is 9.99. The number of hydrogen-bond donors (Lipinski definition) is 0. The minimum Gasteiger partial charge on any atom is -0.264 e. The molecular weight excluding hydrogens is 180 g/mol. The van der Waals surface area contributed by atoms with E-state index >= 15 is 0 Å². The van der Waals surface area contributed by atoms with E-state index < -0.39 is 0 Å². The zero-order valence-electron chi connectivity index (χ0n) is 7.82. The Morgan fingerprint density at radius 3 is 2.85 bits per heavy atom. The number of rotatable bonds is 2. The van der Waals surface area contributed by atoms with Crippen LogP contribution in [0.2, 0.25) is 0 Å². The van der Waals surface area contributed by atoms with Gasteiger partial charge in [-0.2, -0.15) is 0 Å². The molecular formula is C10H12N2S. The van der Waals surface area contributed by atoms with Gasteiger partial charge in [-0.25, -0.2) is 4.99 Å². The largest absolute Gasteiger partial charge is 0.264 e. The maximum atomic E-state index is 4.31. The molecule has 0 bridgehead atoms. The van der Waals surface area contributed by atoms with Gasteiger partial charge < -0.3 is 0 Å². The summed E-state index contributed by atoms with van der Waals surface area (Å²) in [5, 5.41) is 0.959. The predicted molar refractivity (Wildman–Crippen MR) is 59.1 cm³/mol. The lowest BCUT2D eigenvalue weighted by atomic mass is 10.3. The van der Waals surface area contributed by atoms with E-state index in [0.29, 0.717) is 0 Å². The van der Waals surface area contributed by atoms with Crippen molar-refractivity contribution in [1.82, 2.24) is 4.98 Å². The van der Waals surface area contributed by atoms with Gasteiger partial charge >= 0.3 is 0 Å². The SMILES string of the molecule is C=C(C)N=C(SC)c1cccnc1. The van der Waals surface area contributed by atoms with Gasteiger partial charge in [-0.1, -0.05) is 6.58 Å². The highest BCUT2D eigenvalue weighted by molar-refractivity contribution is 8.13. The molecule has 0 amide bonds. The number of hydrogen-bond acceptors (Lipinski definition) is 3. The Balaban J connectivity index is 2.98. The molecule has 2 nitrogen and oxygen atoms in total. The molecule has 0 N–H and O–H groups in total. The third-order valence-corrected chi connectivity index (χ3v) is 2.11. The van der Waals surface area contributed by atoms with E-state index in [1.165, 1.54) is 0 Å². The molecule has 0 fully saturated rings. The Hall–Kier alpha value is -1.09. The van der Waals surface area contributed by atoms with Gasteiger partial charge in [-0.05, 0) is 25.3 Å². The quantitative estimate of drug-likeness (QED) is 0.531. The summed E-state index contributed by atoms with van der Waals surface area (Å²) >= 11 is 1.60. The molecule has 1 rings (SSSR count). The molecule has 0 saturated carbocycles. The third-order valence-electron chi connectivity index (χ3n) is 1.39. The van der Waals surface area contributed by atoms with E-state index in [0.717, 1.165) is 16.3 Å². The molecule has 1 aromatic heterocycles. The second-order valence-corrected chi connectivity index (χ2v) is 3.39. The van der Waals surface area contributed by atoms with Crippen LogP contribution in [-0.4, -0.2) is 16.3 Å². The highest BCUT2D eigenvalue weighted by Crippen LogP contribution is 2.11. The van der Waals surface area contributed by atoms with E-state index in [4.69, 9.17) is 0 Å². The van der Waals surface area contributed by atoms with E-state index in [2.05, 4.69) is 16.6 Å². The summed E-state index contributed by atoms with van der Waals surface area (Å²) in [6.07, 6.45) is 5.55. The van der Waals surface area contributed by atoms with Gasteiger partial charge in [0.25, 0.3) is 0 Å². The first-order chi connectivity index (χ1) is 6.24. The molecule has 0 aliphatic carbocycles. The molecule has 68 valence electrons. The van der Waals surface area contributed by atoms with Crippen molar-refractivity contribution in [2.45, 2.75) is 6.92 Å². The Labute approximate surface area is 82.8 Å². The van der Waals surface area contributed by atoms with Crippen molar-refractivity contribution >= 4 is 16.8 Å². The van der Waals surface area contributed by atoms with E-state index in [9.17, 15) is 0 Å². The molecule has 0 aliphatic rings. The van der Waals surface area contributed by atoms with Crippen LogP contribution >= 0.6 is 11.8 Å². The van der Waals surface area contributed by atoms with Gasteiger partial charge in [0.05, 0.1) is 0 Å². The second kappa shape index (κ2) is 4.82. The average molecular weight is 192 g/mol. The summed E-state index contributed by atoms with van der Waals surface area (Å²) in [7, 11) is 0. The van der Waals surface area contributed by atoms with Crippen LogP contribution in [-0.2, 0) is 0 Å². The molecule has 0 radical (unpaired) electrons. The van der Waals surface area contributed by atoms with Crippen molar-refractivity contribution in [3.8, 4) is 0 Å². The van der Waals surface area contributed by atoms with Gasteiger partial charge in [0.2, 0.25) is 0 Å². The molecule has 3 heteroatoms. The monoisotopic (exact) mass is 192 g/mol. The van der Waals surface area contributed by atoms with E-state index in [-0.39, 0.29) is 0 Å². The lowest BCUT2D eigenvalue weighted by Gasteiger charge is -2.01. The highest BCUT2D eigenvalue weighted by Gasteiger charge is 2.00. The standard InChI is InChI=1S/C10H12N2S/c1-8(2)12-10(13-3)9-5-4-6-11-7-9/h4-7H,1H2,2-3H3. The van der Waals surface area contributed by atoms with Gasteiger partial charge in [-0.3, -0.25) is 4.98 Å². The van der Waals surface area contributed by atoms with Gasteiger partial charge in [0, 0.05) is 23.7 Å². The van der Waals surface area contributed by atoms with Crippen molar-refractivity contribution in [2.24, 2.45) is 4.99 Å². The molecule has 0 saturated heterocycles. The fourth-order valence-electron chi connectivity index (χ4n) is 0.891. The first-order valence-corrected chi connectivity index (χ1v) is 5.15. The normalized spacial score (nSPS) is 11.4. The summed E-state index contributed by atoms with van der Waals surface area (Å²) in [5.74, 6) is 0. The fourth-order valence-corrected chi connectivity index (χ4v) is 1.49. The lowest BCUT2D eigenvalue weighted by molar-refractivity contribution is 1.30. The zero-order chi connectivity index (χ0) is 9.68. The summed E-state index contributed by atoms with van der Waals surface area (Å²) in [5.41, 5.74) is 1.85. The Morgan fingerprint density at radius 2 is 2.38 bits per heavy atom. The van der Waals surface area contributed by atoms with Gasteiger partial charge in [-0.15, -0.1) is 11.8 Å². The maximum absolute atomic E-state index is 4.31. The zero-order valence-corrected chi connectivity index (χ0v) is 8.64. The van der Waals surface area contributed by atoms with E-state index in [1.54, 1.807) is 24.2 Å². The Kier molecular flexibility index (Phi) is 3.71. The smallest absolute Gasteiger partial charge is 0.105 e. The van der Waals surface area contributed by atoms with Gasteiger partial charge in [0.1, 0.15) is 5.04 Å². The predicted octanol–water partition coefficient (Wildman–Crippen LogP) is 2.72. The fraction of sp³-hybridized carbons (Fsp3) is 0.200. The molecule has 0 atom stereocenters. The Morgan fingerprint density at radius 1 is 1.62 bits per heavy atom. The number of thioether (sulfide) groups is 1. The summed E-state index contributed by atoms with van der Waals surface area (Å²) in [6, 6.07) is 3.89. The maximum Gasteiger partial charge on any atom is 0.105 e. The molecule has 0 aliphatic heterocycles. The summed E-state index contributed by atoms with van der Waals surface area (Å²) in [6.45, 7) is 5.63. The van der Waals surface area contributed by atoms with E-state index in [1.807, 2.05) is 25.3 Å². The van der Waals surface area contributed by atoms with Crippen molar-refractivity contribution in [1.29, 1.82) is 0 Å². The number of pyridine rings is 1. The van der Waals surface area contributed by atoms with Crippen LogP contribution in [0.5, 0.6) is 0 Å². The number of nitrogens with zero attached hydrogens (tertiary/aromatic N) is 2. The molecule has 1 heterocycles. The highest BCUT2D eigenvalue weighted by atomic mass is 32.2. The van der Waals surface area contributed by atoms with Crippen molar-refractivity contribution in [2.75, 3.05) is 6.26 Å². The van der Waals surface area contributed by atoms with Gasteiger partial charge in [0.15, 0.2) is 0 Å². The van der Waals surface area contributed by atoms with Crippen LogP contribution in [0.4, 0.5) is 0 Å². The van der Waals surface area contributed by atoms with Crippen molar-refractivity contribution in [3.05, 3.63) is 42.4 Å². The van der Waals surface area contributed by atoms with Crippen LogP contribution in [0.25, 0.3) is 0 Å². The number of aliphatic imine (C=N–C) groups is 1. The summed E-state index contributed by atoms with van der Waals surface area (Å²) in [4.78, 5) is 8.35.